The van der Waals surface area contributed by atoms with Crippen LogP contribution in [0.3, 0.4) is 0 Å². The molecular weight excluding hydrogens is 191 g/mol. The summed E-state index contributed by atoms with van der Waals surface area (Å²) in [6.07, 6.45) is 0. The smallest absolute Gasteiger partial charge is 0.145 e. The minimum absolute atomic E-state index is 0.0969. The van der Waals surface area contributed by atoms with Gasteiger partial charge in [-0.25, -0.2) is 4.39 Å². The SMILES string of the molecule is CC.Cc1c(CO)ccc(Cl)c1F. The summed E-state index contributed by atoms with van der Waals surface area (Å²) in [6.45, 7) is 5.44. The zero-order chi connectivity index (χ0) is 10.4. The molecule has 0 atom stereocenters. The van der Waals surface area contributed by atoms with E-state index in [9.17, 15) is 4.39 Å². The van der Waals surface area contributed by atoms with Crippen LogP contribution in [0.5, 0.6) is 0 Å². The van der Waals surface area contributed by atoms with Gasteiger partial charge in [-0.3, -0.25) is 0 Å². The Morgan fingerprint density at radius 3 is 2.38 bits per heavy atom. The van der Waals surface area contributed by atoms with Crippen molar-refractivity contribution < 1.29 is 9.50 Å². The first-order chi connectivity index (χ1) is 6.16. The average molecular weight is 205 g/mol. The van der Waals surface area contributed by atoms with Crippen LogP contribution in [0.2, 0.25) is 5.02 Å². The lowest BCUT2D eigenvalue weighted by molar-refractivity contribution is 0.280. The average Bonchev–Trinajstić information content (AvgIpc) is 2.18. The second-order valence-electron chi connectivity index (χ2n) is 2.30. The topological polar surface area (TPSA) is 20.2 Å². The summed E-state index contributed by atoms with van der Waals surface area (Å²) in [5.74, 6) is -0.446. The van der Waals surface area contributed by atoms with Gasteiger partial charge in [0.05, 0.1) is 11.6 Å². The van der Waals surface area contributed by atoms with Gasteiger partial charge in [-0.2, -0.15) is 0 Å². The van der Waals surface area contributed by atoms with E-state index in [4.69, 9.17) is 16.7 Å². The van der Waals surface area contributed by atoms with Crippen molar-refractivity contribution in [3.05, 3.63) is 34.1 Å². The molecule has 1 rings (SSSR count). The first-order valence-electron chi connectivity index (χ1n) is 4.21. The van der Waals surface area contributed by atoms with E-state index in [1.807, 2.05) is 13.8 Å². The van der Waals surface area contributed by atoms with Gasteiger partial charge < -0.3 is 5.11 Å². The molecule has 0 unspecified atom stereocenters. The van der Waals surface area contributed by atoms with E-state index in [0.717, 1.165) is 0 Å². The Bertz CT molecular complexity index is 274. The Morgan fingerprint density at radius 1 is 1.38 bits per heavy atom. The molecule has 1 N–H and O–H groups in total. The highest BCUT2D eigenvalue weighted by Gasteiger charge is 2.06. The third kappa shape index (κ3) is 2.98. The predicted molar refractivity (Wildman–Crippen MR) is 53.4 cm³/mol. The van der Waals surface area contributed by atoms with Crippen LogP contribution in [0.15, 0.2) is 12.1 Å². The van der Waals surface area contributed by atoms with Crippen molar-refractivity contribution in [2.45, 2.75) is 27.4 Å². The highest BCUT2D eigenvalue weighted by molar-refractivity contribution is 6.30. The Hall–Kier alpha value is -0.600. The van der Waals surface area contributed by atoms with Gasteiger partial charge in [0.2, 0.25) is 0 Å². The molecule has 0 aliphatic heterocycles. The van der Waals surface area contributed by atoms with E-state index < -0.39 is 5.82 Å². The zero-order valence-electron chi connectivity index (χ0n) is 8.06. The molecule has 0 spiro atoms. The first-order valence-corrected chi connectivity index (χ1v) is 4.59. The molecule has 3 heteroatoms. The third-order valence-corrected chi connectivity index (χ3v) is 1.91. The second kappa shape index (κ2) is 5.95. The van der Waals surface area contributed by atoms with Gasteiger partial charge in [-0.05, 0) is 24.1 Å². The molecule has 0 amide bonds. The van der Waals surface area contributed by atoms with E-state index in [-0.39, 0.29) is 11.6 Å². The summed E-state index contributed by atoms with van der Waals surface area (Å²) >= 11 is 5.49. The van der Waals surface area contributed by atoms with E-state index >= 15 is 0 Å². The van der Waals surface area contributed by atoms with E-state index in [1.54, 1.807) is 13.0 Å². The van der Waals surface area contributed by atoms with Crippen molar-refractivity contribution in [3.63, 3.8) is 0 Å². The lowest BCUT2D eigenvalue weighted by atomic mass is 10.1. The Morgan fingerprint density at radius 2 is 1.92 bits per heavy atom. The molecule has 1 aromatic rings. The molecule has 0 aliphatic carbocycles. The lowest BCUT2D eigenvalue weighted by Crippen LogP contribution is -1.92. The monoisotopic (exact) mass is 204 g/mol. The molecule has 0 saturated heterocycles. The highest BCUT2D eigenvalue weighted by atomic mass is 35.5. The van der Waals surface area contributed by atoms with Crippen LogP contribution >= 0.6 is 11.6 Å². The normalized spacial score (nSPS) is 9.08. The Kier molecular flexibility index (Phi) is 5.67. The van der Waals surface area contributed by atoms with Crippen molar-refractivity contribution in [3.8, 4) is 0 Å². The van der Waals surface area contributed by atoms with Crippen LogP contribution in [0.1, 0.15) is 25.0 Å². The molecule has 74 valence electrons. The summed E-state index contributed by atoms with van der Waals surface area (Å²) in [7, 11) is 0. The van der Waals surface area contributed by atoms with E-state index in [2.05, 4.69) is 0 Å². The van der Waals surface area contributed by atoms with Gasteiger partial charge in [-0.1, -0.05) is 31.5 Å². The molecule has 0 heterocycles. The summed E-state index contributed by atoms with van der Waals surface area (Å²) in [6, 6.07) is 3.05. The van der Waals surface area contributed by atoms with Crippen molar-refractivity contribution in [1.29, 1.82) is 0 Å². The van der Waals surface area contributed by atoms with Crippen molar-refractivity contribution in [1.82, 2.24) is 0 Å². The molecule has 0 radical (unpaired) electrons. The Balaban J connectivity index is 0.000000671. The maximum Gasteiger partial charge on any atom is 0.145 e. The largest absolute Gasteiger partial charge is 0.392 e. The summed E-state index contributed by atoms with van der Waals surface area (Å²) in [5, 5.41) is 8.82. The minimum atomic E-state index is -0.446. The van der Waals surface area contributed by atoms with Crippen LogP contribution in [0.25, 0.3) is 0 Å². The highest BCUT2D eigenvalue weighted by Crippen LogP contribution is 2.20. The van der Waals surface area contributed by atoms with Crippen molar-refractivity contribution in [2.75, 3.05) is 0 Å². The second-order valence-corrected chi connectivity index (χ2v) is 2.71. The minimum Gasteiger partial charge on any atom is -0.392 e. The van der Waals surface area contributed by atoms with Crippen LogP contribution in [-0.4, -0.2) is 5.11 Å². The molecule has 13 heavy (non-hydrogen) atoms. The molecule has 1 nitrogen and oxygen atoms in total. The molecule has 0 saturated carbocycles. The Labute approximate surface area is 83.2 Å². The summed E-state index contributed by atoms with van der Waals surface area (Å²) in [4.78, 5) is 0. The molecule has 1 aromatic carbocycles. The number of aliphatic hydroxyl groups is 1. The van der Waals surface area contributed by atoms with Gasteiger partial charge in [0.25, 0.3) is 0 Å². The van der Waals surface area contributed by atoms with Crippen molar-refractivity contribution in [2.24, 2.45) is 0 Å². The number of benzene rings is 1. The van der Waals surface area contributed by atoms with Crippen LogP contribution in [-0.2, 0) is 6.61 Å². The van der Waals surface area contributed by atoms with Crippen LogP contribution in [0.4, 0.5) is 4.39 Å². The third-order valence-electron chi connectivity index (χ3n) is 1.62. The lowest BCUT2D eigenvalue weighted by Gasteiger charge is -2.03. The van der Waals surface area contributed by atoms with Crippen LogP contribution < -0.4 is 0 Å². The fourth-order valence-corrected chi connectivity index (χ4v) is 1.07. The molecule has 0 aromatic heterocycles. The van der Waals surface area contributed by atoms with E-state index in [0.29, 0.717) is 11.1 Å². The van der Waals surface area contributed by atoms with Gasteiger partial charge in [0.15, 0.2) is 0 Å². The molecular formula is C10H14ClFO. The summed E-state index contributed by atoms with van der Waals surface area (Å²) in [5.41, 5.74) is 0.993. The van der Waals surface area contributed by atoms with Gasteiger partial charge >= 0.3 is 0 Å². The molecule has 0 bridgehead atoms. The number of halogens is 2. The molecule has 0 fully saturated rings. The number of rotatable bonds is 1. The standard InChI is InChI=1S/C8H8ClFO.C2H6/c1-5-6(4-11)2-3-7(9)8(5)10;1-2/h2-3,11H,4H2,1H3;1-2H3. The van der Waals surface area contributed by atoms with Crippen molar-refractivity contribution >= 4 is 11.6 Å². The number of hydrogen-bond donors (Lipinski definition) is 1. The maximum absolute atomic E-state index is 12.9. The maximum atomic E-state index is 12.9. The molecule has 0 aliphatic rings. The number of aliphatic hydroxyl groups excluding tert-OH is 1. The van der Waals surface area contributed by atoms with Gasteiger partial charge in [0.1, 0.15) is 5.82 Å². The fraction of sp³-hybridized carbons (Fsp3) is 0.400. The summed E-state index contributed by atoms with van der Waals surface area (Å²) < 4.78 is 12.9. The quantitative estimate of drug-likeness (QED) is 0.744. The van der Waals surface area contributed by atoms with Gasteiger partial charge in [0, 0.05) is 0 Å². The first kappa shape index (κ1) is 12.4. The van der Waals surface area contributed by atoms with Crippen LogP contribution in [0, 0.1) is 12.7 Å². The zero-order valence-corrected chi connectivity index (χ0v) is 8.82. The van der Waals surface area contributed by atoms with Gasteiger partial charge in [-0.15, -0.1) is 0 Å². The predicted octanol–water partition coefficient (Wildman–Crippen LogP) is 3.31. The van der Waals surface area contributed by atoms with E-state index in [1.165, 1.54) is 6.07 Å². The number of hydrogen-bond acceptors (Lipinski definition) is 1. The fourth-order valence-electron chi connectivity index (χ4n) is 0.863.